The van der Waals surface area contributed by atoms with Crippen LogP contribution in [0.2, 0.25) is 0 Å². The van der Waals surface area contributed by atoms with E-state index in [0.29, 0.717) is 17.8 Å². The van der Waals surface area contributed by atoms with Gasteiger partial charge >= 0.3 is 11.9 Å². The van der Waals surface area contributed by atoms with Crippen LogP contribution in [0.3, 0.4) is 0 Å². The molecule has 0 bridgehead atoms. The first-order valence-electron chi connectivity index (χ1n) is 20.3. The topological polar surface area (TPSA) is 189 Å². The third-order valence-corrected chi connectivity index (χ3v) is 12.9. The number of ketones is 2. The molecule has 58 heavy (non-hydrogen) atoms. The van der Waals surface area contributed by atoms with Gasteiger partial charge in [-0.15, -0.1) is 0 Å². The SMILES string of the molecule is CC[C@H]1OC(=O)[C@H](C)C(=O)[C@H](C)[C@@H](O[C@@H]2O[C@H](C)C[C@H](N(C)C)[C@H]2O)[C@@](C)(OCC#Cc2cc(-c3ccccn3)no2)C[C@@H](C)C(=O)[C@]2(C)CN[C@H]3C(=O)O[C@@]1(C)[C@H]32. The average Bonchev–Trinajstić information content (AvgIpc) is 3.89. The second-order valence-corrected chi connectivity index (χ2v) is 17.4. The Bertz CT molecular complexity index is 1910. The van der Waals surface area contributed by atoms with Crippen molar-refractivity contribution in [2.45, 2.75) is 129 Å². The van der Waals surface area contributed by atoms with Crippen molar-refractivity contribution in [1.29, 1.82) is 0 Å². The van der Waals surface area contributed by atoms with Crippen molar-refractivity contribution < 1.29 is 52.5 Å². The molecule has 0 unspecified atom stereocenters. The van der Waals surface area contributed by atoms with Gasteiger partial charge in [0.05, 0.1) is 23.5 Å². The number of nitrogens with zero attached hydrogens (tertiary/aromatic N) is 3. The van der Waals surface area contributed by atoms with Crippen molar-refractivity contribution in [3.63, 3.8) is 0 Å². The number of pyridine rings is 1. The van der Waals surface area contributed by atoms with Crippen LogP contribution in [0.4, 0.5) is 0 Å². The van der Waals surface area contributed by atoms with Crippen molar-refractivity contribution in [2.24, 2.45) is 29.1 Å². The van der Waals surface area contributed by atoms with E-state index in [1.807, 2.05) is 45.8 Å². The zero-order valence-electron chi connectivity index (χ0n) is 35.1. The van der Waals surface area contributed by atoms with E-state index in [0.717, 1.165) is 0 Å². The van der Waals surface area contributed by atoms with Gasteiger partial charge in [-0.3, -0.25) is 24.2 Å². The molecule has 14 atom stereocenters. The van der Waals surface area contributed by atoms with Crippen LogP contribution >= 0.6 is 0 Å². The number of cyclic esters (lactones) is 1. The molecule has 4 aliphatic rings. The molecule has 2 aromatic rings. The van der Waals surface area contributed by atoms with E-state index in [2.05, 4.69) is 27.3 Å². The quantitative estimate of drug-likeness (QED) is 0.235. The molecule has 0 saturated carbocycles. The Kier molecular flexibility index (Phi) is 12.7. The highest BCUT2D eigenvalue weighted by atomic mass is 16.7. The predicted molar refractivity (Wildman–Crippen MR) is 208 cm³/mol. The molecule has 4 aliphatic heterocycles. The van der Waals surface area contributed by atoms with Crippen LogP contribution in [0.1, 0.15) is 80.4 Å². The zero-order valence-corrected chi connectivity index (χ0v) is 35.1. The number of Topliss-reactive ketones (excluding diaryl/α,β-unsaturated/α-hetero) is 2. The van der Waals surface area contributed by atoms with E-state index in [1.165, 1.54) is 6.92 Å². The highest BCUT2D eigenvalue weighted by Crippen LogP contribution is 2.53. The summed E-state index contributed by atoms with van der Waals surface area (Å²) in [6.07, 6.45) is -2.24. The van der Waals surface area contributed by atoms with Gasteiger partial charge in [0.25, 0.3) is 0 Å². The molecule has 6 heterocycles. The Morgan fingerprint density at radius 1 is 1.05 bits per heavy atom. The number of esters is 2. The number of aliphatic hydroxyl groups is 1. The average molecular weight is 807 g/mol. The maximum atomic E-state index is 15.0. The summed E-state index contributed by atoms with van der Waals surface area (Å²) in [7, 11) is 3.72. The molecule has 0 spiro atoms. The first-order chi connectivity index (χ1) is 27.3. The van der Waals surface area contributed by atoms with E-state index in [4.69, 9.17) is 28.2 Å². The van der Waals surface area contributed by atoms with Gasteiger partial charge in [-0.25, -0.2) is 0 Å². The van der Waals surface area contributed by atoms with Crippen molar-refractivity contribution in [2.75, 3.05) is 27.2 Å². The Hall–Kier alpha value is -4.04. The van der Waals surface area contributed by atoms with Gasteiger partial charge in [-0.05, 0) is 79.1 Å². The highest BCUT2D eigenvalue weighted by Gasteiger charge is 2.69. The second kappa shape index (κ2) is 16.9. The lowest BCUT2D eigenvalue weighted by Crippen LogP contribution is -2.60. The zero-order chi connectivity index (χ0) is 42.3. The predicted octanol–water partition coefficient (Wildman–Crippen LogP) is 3.36. The first-order valence-corrected chi connectivity index (χ1v) is 20.3. The van der Waals surface area contributed by atoms with Crippen LogP contribution < -0.4 is 5.32 Å². The van der Waals surface area contributed by atoms with Crippen LogP contribution in [0.5, 0.6) is 0 Å². The van der Waals surface area contributed by atoms with Gasteiger partial charge in [0.2, 0.25) is 5.76 Å². The minimum Gasteiger partial charge on any atom is -0.458 e. The van der Waals surface area contributed by atoms with Crippen LogP contribution in [-0.2, 0) is 42.9 Å². The normalized spacial score (nSPS) is 39.7. The number of carbonyl (C=O) groups excluding carboxylic acids is 4. The highest BCUT2D eigenvalue weighted by molar-refractivity contribution is 6.00. The number of aromatic nitrogens is 2. The summed E-state index contributed by atoms with van der Waals surface area (Å²) in [5, 5.41) is 18.9. The molecule has 316 valence electrons. The Labute approximate surface area is 340 Å². The fraction of sp³-hybridized carbons (Fsp3) is 0.674. The van der Waals surface area contributed by atoms with Crippen molar-refractivity contribution >= 4 is 23.5 Å². The smallest absolute Gasteiger partial charge is 0.324 e. The number of aliphatic hydroxyl groups excluding tert-OH is 1. The van der Waals surface area contributed by atoms with Crippen LogP contribution in [0.25, 0.3) is 11.4 Å². The Balaban J connectivity index is 1.41. The number of ether oxygens (including phenoxy) is 5. The van der Waals surface area contributed by atoms with E-state index in [9.17, 15) is 24.3 Å². The van der Waals surface area contributed by atoms with Gasteiger partial charge in [-0.2, -0.15) is 0 Å². The number of likely N-dealkylation sites (N-methyl/N-ethyl adjacent to an activating group) is 1. The maximum absolute atomic E-state index is 15.0. The van der Waals surface area contributed by atoms with Gasteiger partial charge in [0.15, 0.2) is 17.7 Å². The molecule has 15 nitrogen and oxygen atoms in total. The fourth-order valence-corrected chi connectivity index (χ4v) is 9.86. The van der Waals surface area contributed by atoms with Crippen molar-refractivity contribution in [3.8, 4) is 23.2 Å². The van der Waals surface area contributed by atoms with E-state index in [1.54, 1.807) is 52.1 Å². The molecule has 0 amide bonds. The summed E-state index contributed by atoms with van der Waals surface area (Å²) < 4.78 is 37.2. The maximum Gasteiger partial charge on any atom is 0.324 e. The summed E-state index contributed by atoms with van der Waals surface area (Å²) >= 11 is 0. The number of hydrogen-bond donors (Lipinski definition) is 2. The van der Waals surface area contributed by atoms with E-state index < -0.39 is 88.7 Å². The number of hydrogen-bond acceptors (Lipinski definition) is 15. The second-order valence-electron chi connectivity index (χ2n) is 17.4. The summed E-state index contributed by atoms with van der Waals surface area (Å²) in [5.41, 5.74) is -2.82. The Morgan fingerprint density at radius 2 is 1.79 bits per heavy atom. The minimum atomic E-state index is -1.45. The lowest BCUT2D eigenvalue weighted by molar-refractivity contribution is -0.296. The summed E-state index contributed by atoms with van der Waals surface area (Å²) in [5.74, 6) is 0.466. The molecular weight excluding hydrogens is 748 g/mol. The van der Waals surface area contributed by atoms with Gasteiger partial charge in [0.1, 0.15) is 42.3 Å². The van der Waals surface area contributed by atoms with Crippen molar-refractivity contribution in [1.82, 2.24) is 20.4 Å². The molecule has 6 rings (SSSR count). The number of carbonyl (C=O) groups is 4. The fourth-order valence-electron chi connectivity index (χ4n) is 9.86. The lowest BCUT2D eigenvalue weighted by atomic mass is 9.62. The standard InChI is InChI=1S/C43H58N4O11/c1-11-31-43(8)35-32(39(52)57-43)45-22-41(35,6)36(50)23(2)21-42(7,53-18-14-15-27-20-29(46-58-27)28-16-12-13-17-44-28)37(25(4)33(48)26(5)38(51)55-31)56-40-34(49)30(47(9)10)19-24(3)54-40/h12-13,16-17,20,23-26,30-32,34-35,37,40,45,49H,11,18-19,21-22H2,1-10H3/t23-,24-,25+,26-,30+,31-,32-,34-,35-,37-,40+,41-,42+,43-/m1/s1. The first kappa shape index (κ1) is 43.5. The van der Waals surface area contributed by atoms with Gasteiger partial charge < -0.3 is 43.5 Å². The van der Waals surface area contributed by atoms with E-state index in [-0.39, 0.29) is 49.7 Å². The number of nitrogens with one attached hydrogen (secondary N) is 1. The van der Waals surface area contributed by atoms with Gasteiger partial charge in [0, 0.05) is 48.0 Å². The third kappa shape index (κ3) is 8.11. The molecule has 0 aliphatic carbocycles. The molecule has 2 aromatic heterocycles. The van der Waals surface area contributed by atoms with Gasteiger partial charge in [-0.1, -0.05) is 44.8 Å². The lowest BCUT2D eigenvalue weighted by Gasteiger charge is -2.47. The Morgan fingerprint density at radius 3 is 2.47 bits per heavy atom. The van der Waals surface area contributed by atoms with Crippen LogP contribution in [0, 0.1) is 40.9 Å². The molecule has 15 heteroatoms. The van der Waals surface area contributed by atoms with Crippen molar-refractivity contribution in [3.05, 3.63) is 36.2 Å². The summed E-state index contributed by atoms with van der Waals surface area (Å²) in [4.78, 5) is 63.0. The molecule has 4 saturated heterocycles. The number of rotatable bonds is 7. The largest absolute Gasteiger partial charge is 0.458 e. The molecule has 0 aromatic carbocycles. The van der Waals surface area contributed by atoms with E-state index >= 15 is 0 Å². The summed E-state index contributed by atoms with van der Waals surface area (Å²) in [6.45, 7) is 13.9. The van der Waals surface area contributed by atoms with Crippen LogP contribution in [-0.4, -0.2) is 125 Å². The molecule has 4 fully saturated rings. The molecule has 0 radical (unpaired) electrons. The summed E-state index contributed by atoms with van der Waals surface area (Å²) in [6, 6.07) is 5.97. The molecule has 2 N–H and O–H groups in total. The van der Waals surface area contributed by atoms with Crippen LogP contribution in [0.15, 0.2) is 35.0 Å². The minimum absolute atomic E-state index is 0.0337. The third-order valence-electron chi connectivity index (χ3n) is 12.9. The molecular formula is C43H58N4O11. The monoisotopic (exact) mass is 806 g/mol.